The Morgan fingerprint density at radius 2 is 2.07 bits per heavy atom. The number of para-hydroxylation sites is 1. The number of hydrogen-bond donors (Lipinski definition) is 3. The number of benzene rings is 1. The number of aliphatic carboxylic acids is 1. The van der Waals surface area contributed by atoms with E-state index >= 15 is 0 Å². The number of aromatic nitrogens is 1. The van der Waals surface area contributed by atoms with Gasteiger partial charge in [0.15, 0.2) is 17.3 Å². The summed E-state index contributed by atoms with van der Waals surface area (Å²) < 4.78 is -1.46. The normalized spacial score (nSPS) is 30.2. The number of nitrogens with one attached hydrogen (secondary N) is 2. The Balaban J connectivity index is 0.00000150. The molecule has 2 amide bonds. The third kappa shape index (κ3) is 2.84. The minimum atomic E-state index is -1.37. The number of fused-ring (bicyclic) bond motifs is 2. The maximum Gasteiger partial charge on any atom is 1.00 e. The van der Waals surface area contributed by atoms with Crippen molar-refractivity contribution in [1.29, 1.82) is 0 Å². The van der Waals surface area contributed by atoms with Crippen molar-refractivity contribution in [2.75, 3.05) is 6.54 Å². The molecule has 4 atom stereocenters. The Morgan fingerprint density at radius 3 is 2.68 bits per heavy atom. The molecule has 4 N–H and O–H groups in total. The van der Waals surface area contributed by atoms with Crippen LogP contribution >= 0.6 is 11.8 Å². The standard InChI is InChI=1S/C18H20N4O4S.Na.H/c1-18(2)14(17(25)26)22(21-12(23)8-19)15(24)13(16(22)27-18)11-7-9-5-3-4-6-10(9)20-11;;/h3-7,13-14,16,20H,8,19H2,1-2H3,(H-,21,23,25,26);;/q;+1;-1/t13-,14+,16-,22?;;/m1../s1. The number of carboxylic acid groups (broad SMARTS) is 1. The molecule has 0 bridgehead atoms. The first-order valence-corrected chi connectivity index (χ1v) is 9.50. The molecular formula is C18H21N4NaO4S. The molecule has 1 aromatic heterocycles. The van der Waals surface area contributed by atoms with Gasteiger partial charge in [0.25, 0.3) is 5.91 Å². The Hall–Kier alpha value is -1.36. The summed E-state index contributed by atoms with van der Waals surface area (Å²) >= 11 is 1.38. The first kappa shape index (κ1) is 21.4. The van der Waals surface area contributed by atoms with E-state index in [1.807, 2.05) is 30.3 Å². The summed E-state index contributed by atoms with van der Waals surface area (Å²) in [5.74, 6) is -2.87. The zero-order valence-corrected chi connectivity index (χ0v) is 18.7. The van der Waals surface area contributed by atoms with Gasteiger partial charge in [0, 0.05) is 11.2 Å². The number of rotatable bonds is 4. The van der Waals surface area contributed by atoms with Crippen LogP contribution in [0, 0.1) is 0 Å². The van der Waals surface area contributed by atoms with Crippen molar-refractivity contribution in [2.45, 2.75) is 35.9 Å². The van der Waals surface area contributed by atoms with Gasteiger partial charge >= 0.3 is 35.5 Å². The van der Waals surface area contributed by atoms with Gasteiger partial charge in [-0.25, -0.2) is 4.79 Å². The molecule has 1 unspecified atom stereocenters. The maximum absolute atomic E-state index is 13.3. The van der Waals surface area contributed by atoms with Crippen LogP contribution in [0.3, 0.4) is 0 Å². The number of carboxylic acids is 1. The number of aromatic amines is 1. The largest absolute Gasteiger partial charge is 1.00 e. The van der Waals surface area contributed by atoms with E-state index in [1.54, 1.807) is 13.8 Å². The minimum Gasteiger partial charge on any atom is -1.00 e. The molecule has 0 saturated carbocycles. The first-order valence-electron chi connectivity index (χ1n) is 8.62. The van der Waals surface area contributed by atoms with Crippen molar-refractivity contribution in [3.8, 4) is 0 Å². The summed E-state index contributed by atoms with van der Waals surface area (Å²) in [4.78, 5) is 40.5. The number of nitrogens with two attached hydrogens (primary N) is 1. The fourth-order valence-electron chi connectivity index (χ4n) is 4.36. The third-order valence-electron chi connectivity index (χ3n) is 5.41. The average Bonchev–Trinajstić information content (AvgIpc) is 3.10. The minimum absolute atomic E-state index is 0. The number of H-pyrrole nitrogens is 1. The van der Waals surface area contributed by atoms with Crippen molar-refractivity contribution in [1.82, 2.24) is 10.4 Å². The van der Waals surface area contributed by atoms with Gasteiger partial charge in [-0.2, -0.15) is 5.43 Å². The summed E-state index contributed by atoms with van der Waals surface area (Å²) in [5.41, 5.74) is 9.59. The third-order valence-corrected chi connectivity index (χ3v) is 7.09. The molecule has 28 heavy (non-hydrogen) atoms. The van der Waals surface area contributed by atoms with Crippen molar-refractivity contribution in [3.63, 3.8) is 0 Å². The van der Waals surface area contributed by atoms with Crippen LogP contribution in [0.25, 0.3) is 10.9 Å². The van der Waals surface area contributed by atoms with Crippen LogP contribution in [0.5, 0.6) is 0 Å². The fraction of sp³-hybridized carbons (Fsp3) is 0.389. The predicted molar refractivity (Wildman–Crippen MR) is 98.9 cm³/mol. The number of carbonyl (C=O) groups excluding carboxylic acids is 3. The second-order valence-electron chi connectivity index (χ2n) is 7.48. The topological polar surface area (TPSA) is 128 Å². The molecule has 0 radical (unpaired) electrons. The molecule has 2 aliphatic rings. The number of amides is 2. The number of hydrogen-bond acceptors (Lipinski definition) is 6. The van der Waals surface area contributed by atoms with Crippen LogP contribution in [0.2, 0.25) is 0 Å². The zero-order valence-electron chi connectivity index (χ0n) is 16.9. The van der Waals surface area contributed by atoms with Crippen LogP contribution < -0.4 is 45.8 Å². The van der Waals surface area contributed by atoms with E-state index in [2.05, 4.69) is 10.4 Å². The molecule has 4 rings (SSSR count). The Kier molecular flexibility index (Phi) is 5.46. The van der Waals surface area contributed by atoms with E-state index in [4.69, 9.17) is 5.73 Å². The molecule has 2 aliphatic heterocycles. The zero-order chi connectivity index (χ0) is 19.6. The van der Waals surface area contributed by atoms with Crippen molar-refractivity contribution >= 4 is 40.4 Å². The van der Waals surface area contributed by atoms with E-state index in [0.29, 0.717) is 5.69 Å². The second kappa shape index (κ2) is 7.16. The van der Waals surface area contributed by atoms with E-state index in [-0.39, 0.29) is 43.4 Å². The molecule has 2 saturated heterocycles. The first-order chi connectivity index (χ1) is 12.7. The molecular weight excluding hydrogens is 391 g/mol. The van der Waals surface area contributed by atoms with Crippen molar-refractivity contribution in [2.24, 2.45) is 5.73 Å². The summed E-state index contributed by atoms with van der Waals surface area (Å²) in [6, 6.07) is 8.35. The van der Waals surface area contributed by atoms with Gasteiger partial charge in [-0.1, -0.05) is 30.0 Å². The summed E-state index contributed by atoms with van der Waals surface area (Å²) in [7, 11) is 0. The number of carbonyl (C=O) groups is 3. The molecule has 2 fully saturated rings. The molecule has 144 valence electrons. The van der Waals surface area contributed by atoms with E-state index < -0.39 is 38.5 Å². The molecule has 0 spiro atoms. The maximum atomic E-state index is 13.3. The van der Waals surface area contributed by atoms with Crippen molar-refractivity contribution < 1.29 is 55.1 Å². The van der Waals surface area contributed by atoms with Crippen LogP contribution in [0.1, 0.15) is 26.9 Å². The Labute approximate surface area is 189 Å². The van der Waals surface area contributed by atoms with Gasteiger partial charge in [-0.15, -0.1) is 4.59 Å². The van der Waals surface area contributed by atoms with Crippen LogP contribution in [0.15, 0.2) is 30.3 Å². The van der Waals surface area contributed by atoms with Gasteiger partial charge in [0.2, 0.25) is 0 Å². The summed E-state index contributed by atoms with van der Waals surface area (Å²) in [5, 5.41) is 12.4. The Morgan fingerprint density at radius 1 is 1.39 bits per heavy atom. The smallest absolute Gasteiger partial charge is 1.00 e. The molecule has 2 aromatic rings. The predicted octanol–water partition coefficient (Wildman–Crippen LogP) is -3.32. The van der Waals surface area contributed by atoms with Crippen LogP contribution in [0.4, 0.5) is 0 Å². The summed E-state index contributed by atoms with van der Waals surface area (Å²) in [6.07, 6.45) is 0. The number of nitrogens with zero attached hydrogens (tertiary/aromatic N) is 1. The number of thioether (sulfide) groups is 1. The summed E-state index contributed by atoms with van der Waals surface area (Å²) in [6.45, 7) is 3.17. The quantitative estimate of drug-likeness (QED) is 0.274. The SMILES string of the molecule is CC1(C)S[C@@H]2[C@H](c3cc4ccccc4[nH]3)C(=O)[N+]2(NC(=O)CN)[C@H]1C(=O)[O-].[H-].[Na+]. The number of quaternary nitrogens is 1. The van der Waals surface area contributed by atoms with Crippen LogP contribution in [-0.2, 0) is 14.4 Å². The number of β-lactam (4-membered cyclic amide) rings is 1. The van der Waals surface area contributed by atoms with Gasteiger partial charge in [0.05, 0.1) is 11.3 Å². The second-order valence-corrected chi connectivity index (χ2v) is 9.25. The molecule has 10 heteroatoms. The van der Waals surface area contributed by atoms with Crippen molar-refractivity contribution in [3.05, 3.63) is 36.0 Å². The van der Waals surface area contributed by atoms with Crippen LogP contribution in [-0.4, -0.2) is 50.1 Å². The average molecular weight is 412 g/mol. The van der Waals surface area contributed by atoms with Gasteiger partial charge in [0.1, 0.15) is 5.97 Å². The molecule has 8 nitrogen and oxygen atoms in total. The molecule has 1 aromatic carbocycles. The van der Waals surface area contributed by atoms with Gasteiger partial charge in [-0.3, -0.25) is 4.79 Å². The monoisotopic (exact) mass is 412 g/mol. The molecule has 0 aliphatic carbocycles. The van der Waals surface area contributed by atoms with Gasteiger partial charge in [-0.05, 0) is 31.4 Å². The molecule has 3 heterocycles. The Bertz CT molecular complexity index is 951. The fourth-order valence-corrected chi connectivity index (χ4v) is 6.21. The van der Waals surface area contributed by atoms with E-state index in [0.717, 1.165) is 10.9 Å². The van der Waals surface area contributed by atoms with E-state index in [9.17, 15) is 19.5 Å². The van der Waals surface area contributed by atoms with Gasteiger partial charge < -0.3 is 22.0 Å². The van der Waals surface area contributed by atoms with E-state index in [1.165, 1.54) is 11.8 Å².